The average Bonchev–Trinajstić information content (AvgIpc) is 3.63. The first kappa shape index (κ1) is 24.3. The van der Waals surface area contributed by atoms with E-state index in [0.29, 0.717) is 44.3 Å². The Morgan fingerprint density at radius 1 is 1.09 bits per heavy atom. The number of piperidine rings is 1. The number of alkyl halides is 3. The van der Waals surface area contributed by atoms with Crippen LogP contribution in [0.15, 0.2) is 54.6 Å². The van der Waals surface area contributed by atoms with E-state index < -0.39 is 29.5 Å². The third-order valence-electron chi connectivity index (χ3n) is 6.99. The second kappa shape index (κ2) is 9.78. The van der Waals surface area contributed by atoms with E-state index in [4.69, 9.17) is 4.74 Å². The molecule has 1 amide bonds. The van der Waals surface area contributed by atoms with Crippen LogP contribution in [0.3, 0.4) is 0 Å². The fourth-order valence-electron chi connectivity index (χ4n) is 5.16. The number of carbonyl (C=O) groups excluding carboxylic acids is 2. The van der Waals surface area contributed by atoms with Crippen molar-refractivity contribution in [3.05, 3.63) is 71.3 Å². The molecule has 2 fully saturated rings. The predicted molar refractivity (Wildman–Crippen MR) is 121 cm³/mol. The highest BCUT2D eigenvalue weighted by Gasteiger charge is 2.53. The van der Waals surface area contributed by atoms with E-state index in [1.807, 2.05) is 36.4 Å². The summed E-state index contributed by atoms with van der Waals surface area (Å²) in [6, 6.07) is 15.9. The minimum absolute atomic E-state index is 0.0312. The summed E-state index contributed by atoms with van der Waals surface area (Å²) in [5.41, 5.74) is 1.68. The van der Waals surface area contributed by atoms with Crippen molar-refractivity contribution in [3.8, 4) is 0 Å². The highest BCUT2D eigenvalue weighted by Crippen LogP contribution is 2.48. The van der Waals surface area contributed by atoms with E-state index in [1.165, 1.54) is 7.11 Å². The summed E-state index contributed by atoms with van der Waals surface area (Å²) in [6.07, 6.45) is -2.65. The number of hydrogen-bond donors (Lipinski definition) is 1. The first-order valence-corrected chi connectivity index (χ1v) is 11.5. The average molecular weight is 475 g/mol. The molecule has 0 radical (unpaired) electrons. The highest BCUT2D eigenvalue weighted by molar-refractivity contribution is 5.89. The summed E-state index contributed by atoms with van der Waals surface area (Å²) in [5.74, 6) is -2.31. The normalized spacial score (nSPS) is 21.5. The number of nitrogens with one attached hydrogen (secondary N) is 1. The molecular weight excluding hydrogens is 445 g/mol. The first-order valence-electron chi connectivity index (χ1n) is 11.5. The van der Waals surface area contributed by atoms with Crippen LogP contribution >= 0.6 is 0 Å². The third kappa shape index (κ3) is 5.43. The van der Waals surface area contributed by atoms with Crippen molar-refractivity contribution in [3.63, 3.8) is 0 Å². The number of rotatable bonds is 7. The van der Waals surface area contributed by atoms with Crippen molar-refractivity contribution in [2.24, 2.45) is 5.41 Å². The van der Waals surface area contributed by atoms with Crippen molar-refractivity contribution < 1.29 is 27.5 Å². The van der Waals surface area contributed by atoms with Gasteiger partial charge < -0.3 is 15.0 Å². The van der Waals surface area contributed by atoms with Gasteiger partial charge in [-0.25, -0.2) is 4.79 Å². The molecule has 2 aliphatic rings. The Bertz CT molecular complexity index is 1020. The van der Waals surface area contributed by atoms with Crippen LogP contribution < -0.4 is 5.32 Å². The maximum Gasteiger partial charge on any atom is 0.471 e. The molecule has 4 rings (SSSR count). The summed E-state index contributed by atoms with van der Waals surface area (Å²) in [4.78, 5) is 25.6. The molecule has 2 aromatic rings. The number of esters is 1. The molecule has 8 heteroatoms. The Morgan fingerprint density at radius 3 is 2.44 bits per heavy atom. The molecule has 2 atom stereocenters. The van der Waals surface area contributed by atoms with Crippen LogP contribution in [0.1, 0.15) is 46.7 Å². The fourth-order valence-corrected chi connectivity index (χ4v) is 5.16. The number of hydrogen-bond acceptors (Lipinski definition) is 4. The number of benzene rings is 2. The van der Waals surface area contributed by atoms with Crippen molar-refractivity contribution in [1.29, 1.82) is 0 Å². The topological polar surface area (TPSA) is 58.6 Å². The van der Waals surface area contributed by atoms with Gasteiger partial charge in [-0.2, -0.15) is 13.2 Å². The second-order valence-electron chi connectivity index (χ2n) is 9.37. The molecule has 1 aliphatic carbocycles. The van der Waals surface area contributed by atoms with Gasteiger partial charge in [-0.05, 0) is 67.4 Å². The number of ether oxygens (including phenoxy) is 1. The summed E-state index contributed by atoms with van der Waals surface area (Å²) >= 11 is 0. The molecule has 1 N–H and O–H groups in total. The van der Waals surface area contributed by atoms with Crippen molar-refractivity contribution in [2.75, 3.05) is 26.7 Å². The largest absolute Gasteiger partial charge is 0.471 e. The Kier molecular flexibility index (Phi) is 6.98. The van der Waals surface area contributed by atoms with Gasteiger partial charge in [0, 0.05) is 18.5 Å². The maximum absolute atomic E-state index is 13.6. The van der Waals surface area contributed by atoms with E-state index >= 15 is 0 Å². The molecule has 34 heavy (non-hydrogen) atoms. The molecular formula is C26H29F3N2O3. The lowest BCUT2D eigenvalue weighted by Gasteiger charge is -2.42. The molecule has 1 unspecified atom stereocenters. The maximum atomic E-state index is 13.6. The van der Waals surface area contributed by atoms with E-state index in [0.717, 1.165) is 16.0 Å². The van der Waals surface area contributed by atoms with Crippen LogP contribution in [0.2, 0.25) is 0 Å². The zero-order chi connectivity index (χ0) is 24.3. The minimum Gasteiger partial charge on any atom is -0.465 e. The van der Waals surface area contributed by atoms with Crippen LogP contribution in [0.25, 0.3) is 0 Å². The zero-order valence-corrected chi connectivity index (χ0v) is 19.1. The summed E-state index contributed by atoms with van der Waals surface area (Å²) in [7, 11) is 1.31. The van der Waals surface area contributed by atoms with Crippen molar-refractivity contribution in [2.45, 2.75) is 43.8 Å². The van der Waals surface area contributed by atoms with Gasteiger partial charge in [-0.3, -0.25) is 4.79 Å². The van der Waals surface area contributed by atoms with Gasteiger partial charge in [0.15, 0.2) is 0 Å². The molecule has 5 nitrogen and oxygen atoms in total. The van der Waals surface area contributed by atoms with Crippen LogP contribution in [0.4, 0.5) is 13.2 Å². The molecule has 1 aliphatic heterocycles. The monoisotopic (exact) mass is 474 g/mol. The van der Waals surface area contributed by atoms with Crippen LogP contribution in [-0.2, 0) is 16.0 Å². The number of amides is 1. The molecule has 0 spiro atoms. The van der Waals surface area contributed by atoms with Gasteiger partial charge in [0.25, 0.3) is 0 Å². The van der Waals surface area contributed by atoms with E-state index in [1.54, 1.807) is 18.2 Å². The van der Waals surface area contributed by atoms with Crippen LogP contribution in [-0.4, -0.2) is 55.7 Å². The van der Waals surface area contributed by atoms with Gasteiger partial charge in [-0.1, -0.05) is 42.5 Å². The van der Waals surface area contributed by atoms with Crippen molar-refractivity contribution >= 4 is 11.9 Å². The van der Waals surface area contributed by atoms with Crippen LogP contribution in [0.5, 0.6) is 0 Å². The fraction of sp³-hybridized carbons (Fsp3) is 0.462. The minimum atomic E-state index is -4.93. The van der Waals surface area contributed by atoms with Gasteiger partial charge in [0.1, 0.15) is 0 Å². The zero-order valence-electron chi connectivity index (χ0n) is 19.1. The Hall–Kier alpha value is -2.87. The Labute approximate surface area is 197 Å². The lowest BCUT2D eigenvalue weighted by atomic mass is 9.73. The number of carbonyl (C=O) groups is 2. The van der Waals surface area contributed by atoms with Crippen molar-refractivity contribution in [1.82, 2.24) is 10.2 Å². The quantitative estimate of drug-likeness (QED) is 0.607. The lowest BCUT2D eigenvalue weighted by Crippen LogP contribution is -2.51. The number of halogens is 3. The standard InChI is InChI=1S/C26H29F3N2O3/c1-34-23(32)20-9-5-6-18(14-20)16-25(10-12-30-13-11-25)17-31(24(33)26(27,28)29)22-15-21(22)19-7-3-2-4-8-19/h2-9,14,21-22,30H,10-13,15-17H2,1H3/t21?,22-/m1/s1. The van der Waals surface area contributed by atoms with E-state index in [-0.39, 0.29) is 12.5 Å². The van der Waals surface area contributed by atoms with Gasteiger partial charge >= 0.3 is 18.1 Å². The van der Waals surface area contributed by atoms with Gasteiger partial charge in [0.2, 0.25) is 0 Å². The SMILES string of the molecule is COC(=O)c1cccc(CC2(CN(C(=O)C(F)(F)F)[C@@H]3CC3c3ccccc3)CCNCC2)c1. The number of methoxy groups -OCH3 is 1. The predicted octanol–water partition coefficient (Wildman–Crippen LogP) is 4.33. The Morgan fingerprint density at radius 2 is 1.79 bits per heavy atom. The highest BCUT2D eigenvalue weighted by atomic mass is 19.4. The van der Waals surface area contributed by atoms with E-state index in [9.17, 15) is 22.8 Å². The van der Waals surface area contributed by atoms with Gasteiger partial charge in [-0.15, -0.1) is 0 Å². The smallest absolute Gasteiger partial charge is 0.465 e. The molecule has 1 saturated carbocycles. The summed E-state index contributed by atoms with van der Waals surface area (Å²) < 4.78 is 45.8. The molecule has 2 aromatic carbocycles. The second-order valence-corrected chi connectivity index (χ2v) is 9.37. The Balaban J connectivity index is 1.61. The van der Waals surface area contributed by atoms with Crippen LogP contribution in [0, 0.1) is 5.41 Å². The molecule has 1 heterocycles. The van der Waals surface area contributed by atoms with E-state index in [2.05, 4.69) is 5.32 Å². The first-order chi connectivity index (χ1) is 16.2. The molecule has 0 aromatic heterocycles. The molecule has 182 valence electrons. The number of nitrogens with zero attached hydrogens (tertiary/aromatic N) is 1. The third-order valence-corrected chi connectivity index (χ3v) is 6.99. The van der Waals surface area contributed by atoms with Gasteiger partial charge in [0.05, 0.1) is 12.7 Å². The molecule has 1 saturated heterocycles. The lowest BCUT2D eigenvalue weighted by molar-refractivity contribution is -0.188. The summed E-state index contributed by atoms with van der Waals surface area (Å²) in [5, 5.41) is 3.28. The summed E-state index contributed by atoms with van der Waals surface area (Å²) in [6.45, 7) is 1.36. The molecule has 0 bridgehead atoms.